The highest BCUT2D eigenvalue weighted by Crippen LogP contribution is 2.14. The number of alkyl halides is 3. The molecule has 0 aliphatic carbocycles. The Morgan fingerprint density at radius 1 is 1.43 bits per heavy atom. The second-order valence-corrected chi connectivity index (χ2v) is 3.87. The minimum absolute atomic E-state index is 0. The molecule has 0 aliphatic rings. The van der Waals surface area contributed by atoms with Crippen molar-refractivity contribution in [3.8, 4) is 0 Å². The second-order valence-electron chi connectivity index (χ2n) is 2.13. The first-order chi connectivity index (χ1) is 5.55. The van der Waals surface area contributed by atoms with Crippen LogP contribution in [0.3, 0.4) is 0 Å². The number of hydrogen-bond acceptors (Lipinski definition) is 3. The lowest BCUT2D eigenvalue weighted by atomic mass is 10.5. The number of nitrogens with one attached hydrogen (secondary N) is 1. The van der Waals surface area contributed by atoms with Crippen molar-refractivity contribution in [2.75, 3.05) is 0 Å². The number of carbonyl (C=O) groups excluding carboxylic acids is 1. The summed E-state index contributed by atoms with van der Waals surface area (Å²) in [6.07, 6.45) is -5.17. The molecular weight excluding hydrogens is 251 g/mol. The van der Waals surface area contributed by atoms with E-state index >= 15 is 0 Å². The molecule has 86 valence electrons. The summed E-state index contributed by atoms with van der Waals surface area (Å²) in [6, 6.07) is 0. The number of hydrogen-bond donors (Lipinski definition) is 2. The Bertz CT molecular complexity index is 300. The third kappa shape index (κ3) is 5.25. The fourth-order valence-corrected chi connectivity index (χ4v) is 0.597. The van der Waals surface area contributed by atoms with Crippen LogP contribution in [-0.2, 0) is 14.9 Å². The zero-order chi connectivity index (χ0) is 10.9. The molecular formula is C4H7ClF3NO4S. The van der Waals surface area contributed by atoms with E-state index in [0.717, 1.165) is 5.32 Å². The van der Waals surface area contributed by atoms with Crippen LogP contribution in [0.15, 0.2) is 0 Å². The van der Waals surface area contributed by atoms with Crippen LogP contribution in [0.4, 0.5) is 13.2 Å². The molecule has 1 atom stereocenters. The Kier molecular flexibility index (Phi) is 5.46. The molecule has 0 fully saturated rings. The van der Waals surface area contributed by atoms with Crippen molar-refractivity contribution < 1.29 is 30.9 Å². The van der Waals surface area contributed by atoms with Gasteiger partial charge in [0.2, 0.25) is 0 Å². The van der Waals surface area contributed by atoms with Crippen molar-refractivity contribution in [2.45, 2.75) is 18.5 Å². The Morgan fingerprint density at radius 3 is 2.00 bits per heavy atom. The minimum Gasteiger partial charge on any atom is -0.330 e. The van der Waals surface area contributed by atoms with Gasteiger partial charge in [0.05, 0.1) is 0 Å². The standard InChI is InChI=1S/C4H6F3NO4S.ClH/c1-2(13(10,11)12)8-3(9)4(5,6)7;/h2H,1H3,(H,8,9)(H,10,11,12);1H. The average molecular weight is 258 g/mol. The first-order valence-electron chi connectivity index (χ1n) is 2.89. The number of halogens is 4. The first-order valence-corrected chi connectivity index (χ1v) is 4.39. The van der Waals surface area contributed by atoms with Crippen LogP contribution >= 0.6 is 12.4 Å². The van der Waals surface area contributed by atoms with Crippen molar-refractivity contribution in [3.63, 3.8) is 0 Å². The predicted octanol–water partition coefficient (Wildman–Crippen LogP) is 0.320. The van der Waals surface area contributed by atoms with Gasteiger partial charge < -0.3 is 5.32 Å². The van der Waals surface area contributed by atoms with Gasteiger partial charge in [-0.1, -0.05) is 0 Å². The van der Waals surface area contributed by atoms with Crippen LogP contribution in [-0.4, -0.2) is 30.4 Å². The summed E-state index contributed by atoms with van der Waals surface area (Å²) in [6.45, 7) is 0.707. The van der Waals surface area contributed by atoms with Gasteiger partial charge in [-0.2, -0.15) is 21.6 Å². The summed E-state index contributed by atoms with van der Waals surface area (Å²) in [5.41, 5.74) is 0. The van der Waals surface area contributed by atoms with Crippen LogP contribution in [0.25, 0.3) is 0 Å². The van der Waals surface area contributed by atoms with E-state index in [1.165, 1.54) is 0 Å². The molecule has 10 heteroatoms. The minimum atomic E-state index is -5.17. The molecule has 0 bridgehead atoms. The molecule has 0 rings (SSSR count). The van der Waals surface area contributed by atoms with E-state index in [4.69, 9.17) is 4.55 Å². The third-order valence-corrected chi connectivity index (χ3v) is 2.05. The summed E-state index contributed by atoms with van der Waals surface area (Å²) in [5, 5.41) is -0.927. The molecule has 0 saturated heterocycles. The van der Waals surface area contributed by atoms with E-state index < -0.39 is 27.6 Å². The van der Waals surface area contributed by atoms with Crippen molar-refractivity contribution >= 4 is 28.4 Å². The van der Waals surface area contributed by atoms with Gasteiger partial charge >= 0.3 is 12.1 Å². The SMILES string of the molecule is CC(NC(=O)C(F)(F)F)S(=O)(=O)O.Cl. The monoisotopic (exact) mass is 257 g/mol. The van der Waals surface area contributed by atoms with Gasteiger partial charge in [-0.3, -0.25) is 9.35 Å². The van der Waals surface area contributed by atoms with Gasteiger partial charge in [0.25, 0.3) is 10.1 Å². The predicted molar refractivity (Wildman–Crippen MR) is 42.5 cm³/mol. The molecule has 0 spiro atoms. The number of amides is 1. The Labute approximate surface area is 83.8 Å². The Morgan fingerprint density at radius 2 is 1.79 bits per heavy atom. The van der Waals surface area contributed by atoms with Gasteiger partial charge in [-0.05, 0) is 6.92 Å². The molecule has 0 aromatic heterocycles. The van der Waals surface area contributed by atoms with Crippen molar-refractivity contribution in [3.05, 3.63) is 0 Å². The van der Waals surface area contributed by atoms with Crippen LogP contribution in [0, 0.1) is 0 Å². The first kappa shape index (κ1) is 15.9. The molecule has 0 aliphatic heterocycles. The number of rotatable bonds is 2. The highest BCUT2D eigenvalue weighted by atomic mass is 35.5. The van der Waals surface area contributed by atoms with Gasteiger partial charge in [0, 0.05) is 0 Å². The second kappa shape index (κ2) is 4.80. The average Bonchev–Trinajstić information content (AvgIpc) is 1.82. The van der Waals surface area contributed by atoms with E-state index in [1.807, 2.05) is 0 Å². The van der Waals surface area contributed by atoms with Gasteiger partial charge in [0.1, 0.15) is 0 Å². The molecule has 1 amide bonds. The van der Waals surface area contributed by atoms with E-state index in [0.29, 0.717) is 6.92 Å². The molecule has 1 unspecified atom stereocenters. The lowest BCUT2D eigenvalue weighted by Gasteiger charge is -2.11. The maximum absolute atomic E-state index is 11.5. The lowest BCUT2D eigenvalue weighted by molar-refractivity contribution is -0.173. The van der Waals surface area contributed by atoms with Gasteiger partial charge in [0.15, 0.2) is 5.37 Å². The largest absolute Gasteiger partial charge is 0.471 e. The zero-order valence-electron chi connectivity index (χ0n) is 6.70. The molecule has 0 heterocycles. The molecule has 0 aromatic carbocycles. The highest BCUT2D eigenvalue weighted by Gasteiger charge is 2.40. The number of carbonyl (C=O) groups is 1. The van der Waals surface area contributed by atoms with Crippen LogP contribution in [0.2, 0.25) is 0 Å². The van der Waals surface area contributed by atoms with Crippen LogP contribution < -0.4 is 5.32 Å². The highest BCUT2D eigenvalue weighted by molar-refractivity contribution is 7.86. The maximum atomic E-state index is 11.5. The van der Waals surface area contributed by atoms with Crippen LogP contribution in [0.5, 0.6) is 0 Å². The van der Waals surface area contributed by atoms with Gasteiger partial charge in [-0.25, -0.2) is 0 Å². The molecule has 0 saturated carbocycles. The van der Waals surface area contributed by atoms with Gasteiger partial charge in [-0.15, -0.1) is 12.4 Å². The van der Waals surface area contributed by atoms with Crippen molar-refractivity contribution in [1.82, 2.24) is 5.32 Å². The zero-order valence-corrected chi connectivity index (χ0v) is 8.33. The maximum Gasteiger partial charge on any atom is 0.471 e. The normalized spacial score (nSPS) is 14.1. The summed E-state index contributed by atoms with van der Waals surface area (Å²) in [7, 11) is -4.69. The fraction of sp³-hybridized carbons (Fsp3) is 0.750. The van der Waals surface area contributed by atoms with E-state index in [9.17, 15) is 26.4 Å². The van der Waals surface area contributed by atoms with Crippen molar-refractivity contribution in [2.24, 2.45) is 0 Å². The summed E-state index contributed by atoms with van der Waals surface area (Å²) in [5.74, 6) is -2.42. The molecule has 0 aromatic rings. The topological polar surface area (TPSA) is 83.5 Å². The Hall–Kier alpha value is -0.540. The molecule has 2 N–H and O–H groups in total. The van der Waals surface area contributed by atoms with E-state index in [2.05, 4.69) is 0 Å². The van der Waals surface area contributed by atoms with Crippen molar-refractivity contribution in [1.29, 1.82) is 0 Å². The summed E-state index contributed by atoms with van der Waals surface area (Å²) >= 11 is 0. The van der Waals surface area contributed by atoms with Crippen LogP contribution in [0.1, 0.15) is 6.92 Å². The molecule has 0 radical (unpaired) electrons. The molecule has 14 heavy (non-hydrogen) atoms. The summed E-state index contributed by atoms with van der Waals surface area (Å²) in [4.78, 5) is 10.1. The fourth-order valence-electron chi connectivity index (χ4n) is 0.341. The third-order valence-electron chi connectivity index (χ3n) is 1.04. The smallest absolute Gasteiger partial charge is 0.330 e. The Balaban J connectivity index is 0. The summed E-state index contributed by atoms with van der Waals surface area (Å²) < 4.78 is 63.1. The lowest BCUT2D eigenvalue weighted by Crippen LogP contribution is -2.45. The van der Waals surface area contributed by atoms with E-state index in [1.54, 1.807) is 0 Å². The molecule has 5 nitrogen and oxygen atoms in total. The quantitative estimate of drug-likeness (QED) is 0.698. The van der Waals surface area contributed by atoms with E-state index in [-0.39, 0.29) is 12.4 Å².